The zero-order valence-corrected chi connectivity index (χ0v) is 13.9. The van der Waals surface area contributed by atoms with E-state index in [0.29, 0.717) is 29.9 Å². The molecule has 9 heteroatoms. The molecule has 0 bridgehead atoms. The molecule has 3 rings (SSSR count). The third-order valence-corrected chi connectivity index (χ3v) is 5.72. The summed E-state index contributed by atoms with van der Waals surface area (Å²) in [6.07, 6.45) is 0.588. The first-order valence-corrected chi connectivity index (χ1v) is 9.14. The Kier molecular flexibility index (Phi) is 4.41. The minimum Gasteiger partial charge on any atom is -0.322 e. The molecule has 0 aliphatic carbocycles. The van der Waals surface area contributed by atoms with Gasteiger partial charge in [-0.3, -0.25) is 19.2 Å². The zero-order valence-electron chi connectivity index (χ0n) is 13.1. The van der Waals surface area contributed by atoms with E-state index in [9.17, 15) is 23.3 Å². The monoisotopic (exact) mass is 361 g/mol. The van der Waals surface area contributed by atoms with Crippen molar-refractivity contribution in [1.29, 1.82) is 0 Å². The lowest BCUT2D eigenvalue weighted by molar-refractivity contribution is -0.384. The Hall–Kier alpha value is -2.94. The third kappa shape index (κ3) is 3.61. The fourth-order valence-corrected chi connectivity index (χ4v) is 4.14. The lowest BCUT2D eigenvalue weighted by atomic mass is 10.2. The molecule has 1 aliphatic rings. The van der Waals surface area contributed by atoms with E-state index in [1.165, 1.54) is 28.6 Å². The van der Waals surface area contributed by atoms with E-state index in [4.69, 9.17) is 0 Å². The van der Waals surface area contributed by atoms with E-state index in [1.807, 2.05) is 0 Å². The molecule has 1 heterocycles. The quantitative estimate of drug-likeness (QED) is 0.664. The molecule has 0 spiro atoms. The molecular formula is C16H15N3O5S. The highest BCUT2D eigenvalue weighted by atomic mass is 32.2. The van der Waals surface area contributed by atoms with Crippen molar-refractivity contribution in [3.05, 3.63) is 64.2 Å². The molecule has 25 heavy (non-hydrogen) atoms. The van der Waals surface area contributed by atoms with Gasteiger partial charge in [0.2, 0.25) is 10.0 Å². The van der Waals surface area contributed by atoms with Crippen LogP contribution in [0.4, 0.5) is 17.1 Å². The SMILES string of the molecule is O=C(Nc1ccc([N+](=O)[O-])cc1)c1ccc(N2CCCS2(=O)=O)cc1. The van der Waals surface area contributed by atoms with Crippen molar-refractivity contribution < 1.29 is 18.1 Å². The molecular weight excluding hydrogens is 346 g/mol. The minimum atomic E-state index is -3.26. The van der Waals surface area contributed by atoms with Crippen molar-refractivity contribution in [3.8, 4) is 0 Å². The highest BCUT2D eigenvalue weighted by Gasteiger charge is 2.28. The number of nitro groups is 1. The first-order valence-electron chi connectivity index (χ1n) is 7.53. The number of amides is 1. The Bertz CT molecular complexity index is 908. The van der Waals surface area contributed by atoms with Gasteiger partial charge in [-0.25, -0.2) is 8.42 Å². The fourth-order valence-electron chi connectivity index (χ4n) is 2.58. The summed E-state index contributed by atoms with van der Waals surface area (Å²) < 4.78 is 25.1. The predicted octanol–water partition coefficient (Wildman–Crippen LogP) is 2.39. The summed E-state index contributed by atoms with van der Waals surface area (Å²) in [5.41, 5.74) is 1.26. The van der Waals surface area contributed by atoms with Crippen molar-refractivity contribution in [2.24, 2.45) is 0 Å². The first-order chi connectivity index (χ1) is 11.9. The number of nitro benzene ring substituents is 1. The van der Waals surface area contributed by atoms with Crippen molar-refractivity contribution in [3.63, 3.8) is 0 Å². The van der Waals surface area contributed by atoms with Crippen LogP contribution in [-0.4, -0.2) is 31.5 Å². The van der Waals surface area contributed by atoms with Crippen LogP contribution in [0.1, 0.15) is 16.8 Å². The molecule has 0 atom stereocenters. The van der Waals surface area contributed by atoms with Crippen LogP contribution in [0.25, 0.3) is 0 Å². The molecule has 1 fully saturated rings. The van der Waals surface area contributed by atoms with Crippen LogP contribution >= 0.6 is 0 Å². The Balaban J connectivity index is 1.71. The zero-order chi connectivity index (χ0) is 18.0. The third-order valence-electron chi connectivity index (χ3n) is 3.85. The van der Waals surface area contributed by atoms with E-state index < -0.39 is 14.9 Å². The highest BCUT2D eigenvalue weighted by molar-refractivity contribution is 7.93. The van der Waals surface area contributed by atoms with Gasteiger partial charge in [0.15, 0.2) is 0 Å². The van der Waals surface area contributed by atoms with E-state index in [-0.39, 0.29) is 17.3 Å². The van der Waals surface area contributed by atoms with Gasteiger partial charge in [-0.1, -0.05) is 0 Å². The predicted molar refractivity (Wildman–Crippen MR) is 93.2 cm³/mol. The molecule has 0 radical (unpaired) electrons. The van der Waals surface area contributed by atoms with Crippen molar-refractivity contribution in [1.82, 2.24) is 0 Å². The van der Waals surface area contributed by atoms with Crippen LogP contribution in [0.3, 0.4) is 0 Å². The molecule has 8 nitrogen and oxygen atoms in total. The normalized spacial score (nSPS) is 15.8. The van der Waals surface area contributed by atoms with Crippen molar-refractivity contribution >= 4 is 33.0 Å². The second-order valence-corrected chi connectivity index (χ2v) is 7.56. The van der Waals surface area contributed by atoms with E-state index in [2.05, 4.69) is 5.32 Å². The number of hydrogen-bond acceptors (Lipinski definition) is 5. The highest BCUT2D eigenvalue weighted by Crippen LogP contribution is 2.24. The summed E-state index contributed by atoms with van der Waals surface area (Å²) in [5, 5.41) is 13.3. The van der Waals surface area contributed by atoms with Crippen LogP contribution in [0, 0.1) is 10.1 Å². The average molecular weight is 361 g/mol. The average Bonchev–Trinajstić information content (AvgIpc) is 2.94. The van der Waals surface area contributed by atoms with Crippen molar-refractivity contribution in [2.75, 3.05) is 21.9 Å². The van der Waals surface area contributed by atoms with Crippen LogP contribution < -0.4 is 9.62 Å². The molecule has 0 saturated carbocycles. The lowest BCUT2D eigenvalue weighted by Gasteiger charge is -2.17. The number of benzene rings is 2. The fraction of sp³-hybridized carbons (Fsp3) is 0.188. The number of nitrogens with zero attached hydrogens (tertiary/aromatic N) is 2. The summed E-state index contributed by atoms with van der Waals surface area (Å²) in [6.45, 7) is 0.441. The van der Waals surface area contributed by atoms with Gasteiger partial charge in [-0.05, 0) is 42.8 Å². The number of carbonyl (C=O) groups excluding carboxylic acids is 1. The molecule has 2 aromatic carbocycles. The van der Waals surface area contributed by atoms with Gasteiger partial charge in [0.1, 0.15) is 0 Å². The topological polar surface area (TPSA) is 110 Å². The summed E-state index contributed by atoms with van der Waals surface area (Å²) >= 11 is 0. The Morgan fingerprint density at radius 3 is 2.24 bits per heavy atom. The maximum absolute atomic E-state index is 12.2. The van der Waals surface area contributed by atoms with Gasteiger partial charge in [0, 0.05) is 29.9 Å². The maximum atomic E-state index is 12.2. The van der Waals surface area contributed by atoms with Crippen LogP contribution in [0.5, 0.6) is 0 Å². The van der Waals surface area contributed by atoms with Gasteiger partial charge in [-0.2, -0.15) is 0 Å². The van der Waals surface area contributed by atoms with E-state index >= 15 is 0 Å². The molecule has 130 valence electrons. The number of sulfonamides is 1. The Morgan fingerprint density at radius 1 is 1.08 bits per heavy atom. The van der Waals surface area contributed by atoms with Gasteiger partial charge < -0.3 is 5.32 Å². The molecule has 0 aromatic heterocycles. The van der Waals surface area contributed by atoms with E-state index in [1.54, 1.807) is 24.3 Å². The van der Waals surface area contributed by atoms with Crippen LogP contribution in [0.15, 0.2) is 48.5 Å². The molecule has 1 aliphatic heterocycles. The maximum Gasteiger partial charge on any atom is 0.269 e. The number of non-ortho nitro benzene ring substituents is 1. The smallest absolute Gasteiger partial charge is 0.269 e. The molecule has 1 saturated heterocycles. The van der Waals surface area contributed by atoms with Gasteiger partial charge >= 0.3 is 0 Å². The second-order valence-electron chi connectivity index (χ2n) is 5.55. The Labute approximate surface area is 144 Å². The molecule has 0 unspecified atom stereocenters. The number of rotatable bonds is 4. The number of nitrogens with one attached hydrogen (secondary N) is 1. The van der Waals surface area contributed by atoms with Gasteiger partial charge in [0.25, 0.3) is 11.6 Å². The van der Waals surface area contributed by atoms with Gasteiger partial charge in [0.05, 0.1) is 16.4 Å². The molecule has 1 amide bonds. The largest absolute Gasteiger partial charge is 0.322 e. The number of carbonyl (C=O) groups is 1. The molecule has 2 aromatic rings. The van der Waals surface area contributed by atoms with E-state index in [0.717, 1.165) is 0 Å². The first kappa shape index (κ1) is 16.9. The Morgan fingerprint density at radius 2 is 1.72 bits per heavy atom. The summed E-state index contributed by atoms with van der Waals surface area (Å²) in [6, 6.07) is 11.8. The molecule has 1 N–H and O–H groups in total. The van der Waals surface area contributed by atoms with Gasteiger partial charge in [-0.15, -0.1) is 0 Å². The summed E-state index contributed by atoms with van der Waals surface area (Å²) in [5.74, 6) is -0.250. The second kappa shape index (κ2) is 6.52. The van der Waals surface area contributed by atoms with Crippen molar-refractivity contribution in [2.45, 2.75) is 6.42 Å². The van der Waals surface area contributed by atoms with Crippen LogP contribution in [-0.2, 0) is 10.0 Å². The number of hydrogen-bond donors (Lipinski definition) is 1. The lowest BCUT2D eigenvalue weighted by Crippen LogP contribution is -2.25. The van der Waals surface area contributed by atoms with Crippen LogP contribution in [0.2, 0.25) is 0 Å². The summed E-state index contributed by atoms with van der Waals surface area (Å²) in [4.78, 5) is 22.3. The number of anilines is 2. The summed E-state index contributed by atoms with van der Waals surface area (Å²) in [7, 11) is -3.26. The standard InChI is InChI=1S/C16H15N3O5S/c20-16(17-13-4-8-15(9-5-13)19(21)22)12-2-6-14(7-3-12)18-10-1-11-25(18,23)24/h2-9H,1,10-11H2,(H,17,20). The minimum absolute atomic E-state index is 0.0609.